The predicted octanol–water partition coefficient (Wildman–Crippen LogP) is 3.75. The van der Waals surface area contributed by atoms with Crippen LogP contribution in [0.1, 0.15) is 56.0 Å². The maximum Gasteiger partial charge on any atom is 0.407 e. The number of nitrogens with one attached hydrogen (secondary N) is 1. The fraction of sp³-hybridized carbons (Fsp3) is 0.450. The van der Waals surface area contributed by atoms with Gasteiger partial charge in [-0.3, -0.25) is 9.59 Å². The standard InChI is InChI=1S/C20H27NO5/c1-20(2,3)26-19(24)21-14-6-5-7-15-8-10-16(11-9-15)17(22)12-13-18(23)25-4/h5,7-11H,6,12-14H2,1-4H3,(H,21,24). The van der Waals surface area contributed by atoms with E-state index >= 15 is 0 Å². The minimum absolute atomic E-state index is 0.0850. The summed E-state index contributed by atoms with van der Waals surface area (Å²) in [7, 11) is 1.30. The van der Waals surface area contributed by atoms with Gasteiger partial charge in [0.05, 0.1) is 13.5 Å². The number of Topliss-reactive ketones (excluding diaryl/α,β-unsaturated/α-hetero) is 1. The lowest BCUT2D eigenvalue weighted by Crippen LogP contribution is -2.32. The molecule has 0 atom stereocenters. The summed E-state index contributed by atoms with van der Waals surface area (Å²) < 4.78 is 9.67. The minimum Gasteiger partial charge on any atom is -0.469 e. The smallest absolute Gasteiger partial charge is 0.407 e. The number of carbonyl (C=O) groups is 3. The van der Waals surface area contributed by atoms with Gasteiger partial charge in [-0.25, -0.2) is 4.79 Å². The molecule has 26 heavy (non-hydrogen) atoms. The fourth-order valence-corrected chi connectivity index (χ4v) is 2.03. The highest BCUT2D eigenvalue weighted by Crippen LogP contribution is 2.10. The topological polar surface area (TPSA) is 81.7 Å². The van der Waals surface area contributed by atoms with E-state index in [1.165, 1.54) is 7.11 Å². The SMILES string of the molecule is COC(=O)CCC(=O)c1ccc(C=CCCNC(=O)OC(C)(C)C)cc1. The summed E-state index contributed by atoms with van der Waals surface area (Å²) in [5.74, 6) is -0.481. The van der Waals surface area contributed by atoms with Crippen molar-refractivity contribution in [1.29, 1.82) is 0 Å². The van der Waals surface area contributed by atoms with Gasteiger partial charge in [-0.1, -0.05) is 36.4 Å². The molecule has 6 nitrogen and oxygen atoms in total. The number of benzene rings is 1. The van der Waals surface area contributed by atoms with E-state index in [-0.39, 0.29) is 18.6 Å². The Kier molecular flexibility index (Phi) is 8.55. The Bertz CT molecular complexity index is 641. The molecule has 0 unspecified atom stereocenters. The highest BCUT2D eigenvalue weighted by molar-refractivity contribution is 5.97. The minimum atomic E-state index is -0.504. The molecule has 142 valence electrons. The summed E-state index contributed by atoms with van der Waals surface area (Å²) in [5, 5.41) is 2.68. The quantitative estimate of drug-likeness (QED) is 0.433. The summed E-state index contributed by atoms with van der Waals surface area (Å²) in [6, 6.07) is 7.14. The summed E-state index contributed by atoms with van der Waals surface area (Å²) >= 11 is 0. The Balaban J connectivity index is 2.37. The number of rotatable bonds is 8. The van der Waals surface area contributed by atoms with Crippen LogP contribution in [-0.4, -0.2) is 37.1 Å². The van der Waals surface area contributed by atoms with Gasteiger partial charge in [0.25, 0.3) is 0 Å². The zero-order valence-corrected chi connectivity index (χ0v) is 15.8. The first kappa shape index (κ1) is 21.4. The average Bonchev–Trinajstić information content (AvgIpc) is 2.58. The van der Waals surface area contributed by atoms with Gasteiger partial charge >= 0.3 is 12.1 Å². The first-order chi connectivity index (χ1) is 12.2. The number of hydrogen-bond donors (Lipinski definition) is 1. The fourth-order valence-electron chi connectivity index (χ4n) is 2.03. The maximum absolute atomic E-state index is 12.0. The Morgan fingerprint density at radius 1 is 1.08 bits per heavy atom. The Morgan fingerprint density at radius 3 is 2.31 bits per heavy atom. The Hall–Kier alpha value is -2.63. The normalized spacial score (nSPS) is 11.2. The third kappa shape index (κ3) is 9.01. The van der Waals surface area contributed by atoms with E-state index in [0.29, 0.717) is 18.5 Å². The summed E-state index contributed by atoms with van der Waals surface area (Å²) in [5.41, 5.74) is 1.01. The number of hydrogen-bond acceptors (Lipinski definition) is 5. The van der Waals surface area contributed by atoms with Gasteiger partial charge in [-0.15, -0.1) is 0 Å². The van der Waals surface area contributed by atoms with E-state index in [4.69, 9.17) is 4.74 Å². The number of ether oxygens (including phenoxy) is 2. The second-order valence-corrected chi connectivity index (χ2v) is 6.74. The number of carbonyl (C=O) groups excluding carboxylic acids is 3. The summed E-state index contributed by atoms with van der Waals surface area (Å²) in [4.78, 5) is 34.5. The molecule has 1 aromatic carbocycles. The van der Waals surface area contributed by atoms with Gasteiger partial charge in [-0.2, -0.15) is 0 Å². The third-order valence-electron chi connectivity index (χ3n) is 3.31. The van der Waals surface area contributed by atoms with E-state index in [0.717, 1.165) is 5.56 Å². The van der Waals surface area contributed by atoms with Crippen LogP contribution in [0, 0.1) is 0 Å². The molecule has 6 heteroatoms. The second kappa shape index (κ2) is 10.4. The van der Waals surface area contributed by atoms with Gasteiger partial charge in [0.1, 0.15) is 5.60 Å². The van der Waals surface area contributed by atoms with Crippen LogP contribution < -0.4 is 5.32 Å². The lowest BCUT2D eigenvalue weighted by Gasteiger charge is -2.19. The molecule has 0 aromatic heterocycles. The highest BCUT2D eigenvalue weighted by atomic mass is 16.6. The Labute approximate surface area is 154 Å². The molecule has 0 bridgehead atoms. The zero-order chi connectivity index (χ0) is 19.6. The molecule has 0 heterocycles. The molecule has 0 aliphatic rings. The van der Waals surface area contributed by atoms with Crippen LogP contribution >= 0.6 is 0 Å². The van der Waals surface area contributed by atoms with E-state index in [1.54, 1.807) is 12.1 Å². The molecule has 1 N–H and O–H groups in total. The highest BCUT2D eigenvalue weighted by Gasteiger charge is 2.15. The Morgan fingerprint density at radius 2 is 1.73 bits per heavy atom. The first-order valence-electron chi connectivity index (χ1n) is 8.55. The van der Waals surface area contributed by atoms with Gasteiger partial charge in [-0.05, 0) is 32.8 Å². The molecular formula is C20H27NO5. The molecule has 1 aromatic rings. The second-order valence-electron chi connectivity index (χ2n) is 6.74. The maximum atomic E-state index is 12.0. The van der Waals surface area contributed by atoms with Crippen LogP contribution in [-0.2, 0) is 14.3 Å². The molecule has 1 amide bonds. The average molecular weight is 361 g/mol. The molecule has 0 aliphatic carbocycles. The number of alkyl carbamates (subject to hydrolysis) is 1. The van der Waals surface area contributed by atoms with Crippen LogP contribution in [0.3, 0.4) is 0 Å². The van der Waals surface area contributed by atoms with Crippen molar-refractivity contribution in [2.75, 3.05) is 13.7 Å². The van der Waals surface area contributed by atoms with Gasteiger partial charge < -0.3 is 14.8 Å². The largest absolute Gasteiger partial charge is 0.469 e. The van der Waals surface area contributed by atoms with Crippen molar-refractivity contribution in [3.8, 4) is 0 Å². The lowest BCUT2D eigenvalue weighted by atomic mass is 10.0. The van der Waals surface area contributed by atoms with E-state index in [9.17, 15) is 14.4 Å². The van der Waals surface area contributed by atoms with Gasteiger partial charge in [0, 0.05) is 18.5 Å². The van der Waals surface area contributed by atoms with Crippen molar-refractivity contribution >= 4 is 23.9 Å². The van der Waals surface area contributed by atoms with Crippen molar-refractivity contribution < 1.29 is 23.9 Å². The van der Waals surface area contributed by atoms with Crippen LogP contribution in [0.2, 0.25) is 0 Å². The molecule has 1 rings (SSSR count). The van der Waals surface area contributed by atoms with Crippen LogP contribution in [0.25, 0.3) is 6.08 Å². The van der Waals surface area contributed by atoms with E-state index in [2.05, 4.69) is 10.1 Å². The molecule has 0 aliphatic heterocycles. The molecule has 0 fully saturated rings. The molecule has 0 saturated heterocycles. The monoisotopic (exact) mass is 361 g/mol. The van der Waals surface area contributed by atoms with Crippen molar-refractivity contribution in [3.05, 3.63) is 41.5 Å². The van der Waals surface area contributed by atoms with Crippen LogP contribution in [0.5, 0.6) is 0 Å². The zero-order valence-electron chi connectivity index (χ0n) is 15.8. The van der Waals surface area contributed by atoms with Crippen LogP contribution in [0.4, 0.5) is 4.79 Å². The van der Waals surface area contributed by atoms with Gasteiger partial charge in [0.15, 0.2) is 5.78 Å². The number of ketones is 1. The molecule has 0 spiro atoms. The summed E-state index contributed by atoms with van der Waals surface area (Å²) in [6.45, 7) is 5.93. The molecule has 0 saturated carbocycles. The number of amides is 1. The molecular weight excluding hydrogens is 334 g/mol. The predicted molar refractivity (Wildman–Crippen MR) is 99.9 cm³/mol. The van der Waals surface area contributed by atoms with Gasteiger partial charge in [0.2, 0.25) is 0 Å². The van der Waals surface area contributed by atoms with E-state index < -0.39 is 17.7 Å². The van der Waals surface area contributed by atoms with Crippen molar-refractivity contribution in [2.45, 2.75) is 45.6 Å². The molecule has 0 radical (unpaired) electrons. The third-order valence-corrected chi connectivity index (χ3v) is 3.31. The van der Waals surface area contributed by atoms with Crippen molar-refractivity contribution in [3.63, 3.8) is 0 Å². The van der Waals surface area contributed by atoms with Crippen molar-refractivity contribution in [2.24, 2.45) is 0 Å². The lowest BCUT2D eigenvalue weighted by molar-refractivity contribution is -0.140. The first-order valence-corrected chi connectivity index (χ1v) is 8.55. The van der Waals surface area contributed by atoms with Crippen LogP contribution in [0.15, 0.2) is 30.3 Å². The van der Waals surface area contributed by atoms with Crippen molar-refractivity contribution in [1.82, 2.24) is 5.32 Å². The number of methoxy groups -OCH3 is 1. The van der Waals surface area contributed by atoms with E-state index in [1.807, 2.05) is 45.1 Å². The number of esters is 1. The summed E-state index contributed by atoms with van der Waals surface area (Å²) in [6.07, 6.45) is 4.31.